The molecule has 0 aliphatic rings. The standard InChI is InChI=1S/C5H16O3Si2/c1-4-5-10(7-3)8-9-6-2/h10H,4-5,9H2,1-3H3. The van der Waals surface area contributed by atoms with Crippen LogP contribution in [0.2, 0.25) is 6.04 Å². The molecule has 0 N–H and O–H groups in total. The summed E-state index contributed by atoms with van der Waals surface area (Å²) in [6.07, 6.45) is 1.14. The summed E-state index contributed by atoms with van der Waals surface area (Å²) in [4.78, 5) is 0. The Bertz CT molecular complexity index is 71.9. The van der Waals surface area contributed by atoms with E-state index in [9.17, 15) is 0 Å². The molecule has 0 radical (unpaired) electrons. The highest BCUT2D eigenvalue weighted by atomic mass is 28.4. The fourth-order valence-electron chi connectivity index (χ4n) is 0.649. The lowest BCUT2D eigenvalue weighted by atomic mass is 10.6. The predicted octanol–water partition coefficient (Wildman–Crippen LogP) is -0.0749. The highest BCUT2D eigenvalue weighted by molar-refractivity contribution is 6.51. The minimum absolute atomic E-state index is 0.720. The molecular formula is C5H16O3Si2. The molecular weight excluding hydrogens is 164 g/mol. The maximum absolute atomic E-state index is 5.41. The topological polar surface area (TPSA) is 27.7 Å². The van der Waals surface area contributed by atoms with Crippen molar-refractivity contribution in [2.75, 3.05) is 14.2 Å². The first-order valence-electron chi connectivity index (χ1n) is 3.48. The van der Waals surface area contributed by atoms with Crippen molar-refractivity contribution in [2.24, 2.45) is 0 Å². The van der Waals surface area contributed by atoms with E-state index in [4.69, 9.17) is 13.0 Å². The van der Waals surface area contributed by atoms with Gasteiger partial charge in [0, 0.05) is 14.2 Å². The SMILES string of the molecule is CCC[SiH](OC)O[SiH2]OC. The van der Waals surface area contributed by atoms with Gasteiger partial charge in [-0.3, -0.25) is 0 Å². The molecule has 0 aromatic carbocycles. The molecule has 1 atom stereocenters. The van der Waals surface area contributed by atoms with Gasteiger partial charge in [-0.05, 0) is 6.04 Å². The van der Waals surface area contributed by atoms with Crippen LogP contribution in [0.15, 0.2) is 0 Å². The molecule has 1 unspecified atom stereocenters. The van der Waals surface area contributed by atoms with Gasteiger partial charge in [0.05, 0.1) is 0 Å². The van der Waals surface area contributed by atoms with Crippen LogP contribution in [0.25, 0.3) is 0 Å². The number of rotatable bonds is 6. The van der Waals surface area contributed by atoms with Crippen molar-refractivity contribution in [3.8, 4) is 0 Å². The highest BCUT2D eigenvalue weighted by Gasteiger charge is 2.08. The van der Waals surface area contributed by atoms with Gasteiger partial charge in [0.15, 0.2) is 0 Å². The second kappa shape index (κ2) is 7.42. The third-order valence-electron chi connectivity index (χ3n) is 1.16. The summed E-state index contributed by atoms with van der Waals surface area (Å²) in [5.74, 6) is 0. The Morgan fingerprint density at radius 1 is 1.40 bits per heavy atom. The Kier molecular flexibility index (Phi) is 7.65. The quantitative estimate of drug-likeness (QED) is 0.535. The molecule has 0 aromatic heterocycles. The summed E-state index contributed by atoms with van der Waals surface area (Å²) in [7, 11) is 1.38. The lowest BCUT2D eigenvalue weighted by Crippen LogP contribution is -2.23. The van der Waals surface area contributed by atoms with Gasteiger partial charge in [0.2, 0.25) is 0 Å². The van der Waals surface area contributed by atoms with Gasteiger partial charge in [-0.1, -0.05) is 13.3 Å². The van der Waals surface area contributed by atoms with Crippen molar-refractivity contribution in [2.45, 2.75) is 19.4 Å². The average Bonchev–Trinajstić information content (AvgIpc) is 1.98. The molecule has 10 heavy (non-hydrogen) atoms. The van der Waals surface area contributed by atoms with Gasteiger partial charge in [-0.25, -0.2) is 0 Å². The molecule has 0 amide bonds. The molecule has 0 spiro atoms. The van der Waals surface area contributed by atoms with Crippen molar-refractivity contribution in [1.82, 2.24) is 0 Å². The van der Waals surface area contributed by atoms with Gasteiger partial charge in [0.25, 0.3) is 10.0 Å². The number of hydrogen-bond donors (Lipinski definition) is 0. The largest absolute Gasteiger partial charge is 0.422 e. The van der Waals surface area contributed by atoms with E-state index in [0.29, 0.717) is 0 Å². The summed E-state index contributed by atoms with van der Waals surface area (Å²) >= 11 is 0. The normalized spacial score (nSPS) is 14.7. The monoisotopic (exact) mass is 180 g/mol. The molecule has 0 saturated carbocycles. The molecule has 0 rings (SSSR count). The molecule has 0 bridgehead atoms. The zero-order valence-electron chi connectivity index (χ0n) is 6.92. The first kappa shape index (κ1) is 10.3. The van der Waals surface area contributed by atoms with Crippen LogP contribution in [0.1, 0.15) is 13.3 Å². The van der Waals surface area contributed by atoms with Crippen LogP contribution < -0.4 is 0 Å². The van der Waals surface area contributed by atoms with Crippen molar-refractivity contribution < 1.29 is 13.0 Å². The third kappa shape index (κ3) is 5.13. The van der Waals surface area contributed by atoms with Crippen LogP contribution in [0.3, 0.4) is 0 Å². The van der Waals surface area contributed by atoms with E-state index in [-0.39, 0.29) is 0 Å². The molecule has 0 saturated heterocycles. The summed E-state index contributed by atoms with van der Waals surface area (Å²) < 4.78 is 15.5. The lowest BCUT2D eigenvalue weighted by Gasteiger charge is -2.11. The molecule has 0 aliphatic heterocycles. The Morgan fingerprint density at radius 2 is 2.10 bits per heavy atom. The maximum atomic E-state index is 5.41. The smallest absolute Gasteiger partial charge is 0.311 e. The summed E-state index contributed by atoms with van der Waals surface area (Å²) in [5.41, 5.74) is 0. The van der Waals surface area contributed by atoms with E-state index in [1.807, 2.05) is 0 Å². The van der Waals surface area contributed by atoms with Crippen molar-refractivity contribution in [1.29, 1.82) is 0 Å². The first-order valence-corrected chi connectivity index (χ1v) is 6.39. The van der Waals surface area contributed by atoms with Gasteiger partial charge in [-0.15, -0.1) is 0 Å². The predicted molar refractivity (Wildman–Crippen MR) is 45.9 cm³/mol. The molecule has 0 aliphatic carbocycles. The van der Waals surface area contributed by atoms with E-state index in [1.54, 1.807) is 14.2 Å². The lowest BCUT2D eigenvalue weighted by molar-refractivity contribution is 0.297. The zero-order valence-corrected chi connectivity index (χ0v) is 9.49. The maximum Gasteiger partial charge on any atom is 0.311 e. The fourth-order valence-corrected chi connectivity index (χ4v) is 3.72. The molecule has 0 aromatic rings. The van der Waals surface area contributed by atoms with Crippen LogP contribution in [0.4, 0.5) is 0 Å². The third-order valence-corrected chi connectivity index (χ3v) is 5.00. The van der Waals surface area contributed by atoms with Gasteiger partial charge in [0.1, 0.15) is 0 Å². The average molecular weight is 180 g/mol. The Hall–Kier alpha value is 0.314. The van der Waals surface area contributed by atoms with Crippen LogP contribution in [-0.2, 0) is 13.0 Å². The first-order chi connectivity index (χ1) is 4.85. The van der Waals surface area contributed by atoms with Gasteiger partial charge in [-0.2, -0.15) is 0 Å². The van der Waals surface area contributed by atoms with Crippen molar-refractivity contribution >= 4 is 19.3 Å². The summed E-state index contributed by atoms with van der Waals surface area (Å²) in [6.45, 7) is 2.14. The van der Waals surface area contributed by atoms with Crippen molar-refractivity contribution in [3.05, 3.63) is 0 Å². The van der Waals surface area contributed by atoms with Gasteiger partial charge < -0.3 is 13.0 Å². The highest BCUT2D eigenvalue weighted by Crippen LogP contribution is 1.97. The molecule has 62 valence electrons. The molecule has 3 nitrogen and oxygen atoms in total. The minimum atomic E-state index is -1.29. The Morgan fingerprint density at radius 3 is 2.50 bits per heavy atom. The summed E-state index contributed by atoms with van der Waals surface area (Å²) in [6, 6.07) is 1.09. The van der Waals surface area contributed by atoms with E-state index in [2.05, 4.69) is 6.92 Å². The van der Waals surface area contributed by atoms with Crippen LogP contribution in [0.5, 0.6) is 0 Å². The summed E-state index contributed by atoms with van der Waals surface area (Å²) in [5, 5.41) is 0. The Balaban J connectivity index is 3.21. The molecule has 0 fully saturated rings. The van der Waals surface area contributed by atoms with E-state index in [0.717, 1.165) is 12.5 Å². The van der Waals surface area contributed by atoms with Crippen molar-refractivity contribution in [3.63, 3.8) is 0 Å². The van der Waals surface area contributed by atoms with Crippen LogP contribution in [-0.4, -0.2) is 33.5 Å². The van der Waals surface area contributed by atoms with E-state index in [1.165, 1.54) is 0 Å². The number of hydrogen-bond acceptors (Lipinski definition) is 3. The van der Waals surface area contributed by atoms with E-state index >= 15 is 0 Å². The van der Waals surface area contributed by atoms with Crippen LogP contribution in [0, 0.1) is 0 Å². The van der Waals surface area contributed by atoms with Gasteiger partial charge >= 0.3 is 9.28 Å². The Labute approximate surface area is 66.6 Å². The molecule has 5 heteroatoms. The molecule has 0 heterocycles. The zero-order chi connectivity index (χ0) is 7.82. The van der Waals surface area contributed by atoms with E-state index < -0.39 is 19.3 Å². The second-order valence-corrected chi connectivity index (χ2v) is 6.08. The van der Waals surface area contributed by atoms with Crippen LogP contribution >= 0.6 is 0 Å². The fraction of sp³-hybridized carbons (Fsp3) is 1.00. The minimum Gasteiger partial charge on any atom is -0.422 e. The second-order valence-electron chi connectivity index (χ2n) is 2.03.